The van der Waals surface area contributed by atoms with Crippen LogP contribution in [0.5, 0.6) is 0 Å². The van der Waals surface area contributed by atoms with Gasteiger partial charge in [-0.25, -0.2) is 4.98 Å². The minimum absolute atomic E-state index is 0.0541. The van der Waals surface area contributed by atoms with E-state index < -0.39 is 11.9 Å². The van der Waals surface area contributed by atoms with Gasteiger partial charge in [0.05, 0.1) is 23.6 Å². The third-order valence-corrected chi connectivity index (χ3v) is 11.4. The number of piperidine rings is 1. The van der Waals surface area contributed by atoms with E-state index in [9.17, 15) is 24.0 Å². The second-order valence-corrected chi connectivity index (χ2v) is 14.9. The van der Waals surface area contributed by atoms with Crippen LogP contribution in [-0.4, -0.2) is 71.4 Å². The summed E-state index contributed by atoms with van der Waals surface area (Å²) in [5.74, 6) is -0.251. The Balaban J connectivity index is 0.888. The van der Waals surface area contributed by atoms with Crippen LogP contribution in [0.3, 0.4) is 0 Å². The van der Waals surface area contributed by atoms with Crippen molar-refractivity contribution < 1.29 is 24.0 Å². The van der Waals surface area contributed by atoms with Crippen molar-refractivity contribution in [2.75, 3.05) is 6.54 Å². The SMILES string of the molecule is CCc1nc(-c2cccc3cc(-c4ccc(C(=O)NCc5cccc(-c6cccc7c6CN(C6CCC(=O)NC6=O)C7=O)c5)nc4)ncc23)c2n1CCN(C(C)=O)C2. The van der Waals surface area contributed by atoms with Crippen molar-refractivity contribution in [3.63, 3.8) is 0 Å². The largest absolute Gasteiger partial charge is 0.347 e. The first-order chi connectivity index (χ1) is 28.2. The molecule has 5 amide bonds. The van der Waals surface area contributed by atoms with Crippen LogP contribution in [0.4, 0.5) is 0 Å². The summed E-state index contributed by atoms with van der Waals surface area (Å²) in [4.78, 5) is 80.9. The maximum absolute atomic E-state index is 13.4. The smallest absolute Gasteiger partial charge is 0.270 e. The Morgan fingerprint density at radius 2 is 1.67 bits per heavy atom. The Morgan fingerprint density at radius 1 is 0.862 bits per heavy atom. The van der Waals surface area contributed by atoms with Crippen LogP contribution in [-0.2, 0) is 47.0 Å². The molecular formula is C45H40N8O5. The summed E-state index contributed by atoms with van der Waals surface area (Å²) >= 11 is 0. The van der Waals surface area contributed by atoms with E-state index in [1.165, 1.54) is 0 Å². The molecule has 13 nitrogen and oxygen atoms in total. The average molecular weight is 773 g/mol. The Hall–Kier alpha value is -7.02. The highest BCUT2D eigenvalue weighted by Gasteiger charge is 2.40. The number of aromatic nitrogens is 4. The molecule has 1 atom stereocenters. The van der Waals surface area contributed by atoms with E-state index in [-0.39, 0.29) is 48.8 Å². The van der Waals surface area contributed by atoms with E-state index in [0.29, 0.717) is 25.1 Å². The van der Waals surface area contributed by atoms with Crippen LogP contribution in [0.25, 0.3) is 44.4 Å². The number of pyridine rings is 2. The Labute approximate surface area is 334 Å². The van der Waals surface area contributed by atoms with E-state index >= 15 is 0 Å². The summed E-state index contributed by atoms with van der Waals surface area (Å²) in [5.41, 5.74) is 8.64. The van der Waals surface area contributed by atoms with E-state index in [1.54, 1.807) is 30.2 Å². The number of fused-ring (bicyclic) bond motifs is 3. The van der Waals surface area contributed by atoms with Gasteiger partial charge in [0.1, 0.15) is 17.6 Å². The van der Waals surface area contributed by atoms with Gasteiger partial charge >= 0.3 is 0 Å². The molecule has 3 aliphatic rings. The van der Waals surface area contributed by atoms with Gasteiger partial charge in [-0.05, 0) is 64.4 Å². The predicted octanol–water partition coefficient (Wildman–Crippen LogP) is 5.44. The third kappa shape index (κ3) is 6.57. The van der Waals surface area contributed by atoms with E-state index in [1.807, 2.05) is 71.8 Å². The van der Waals surface area contributed by atoms with Crippen LogP contribution in [0.2, 0.25) is 0 Å². The fourth-order valence-corrected chi connectivity index (χ4v) is 8.39. The first kappa shape index (κ1) is 36.6. The molecule has 0 spiro atoms. The molecule has 3 aromatic carbocycles. The lowest BCUT2D eigenvalue weighted by molar-refractivity contribution is -0.137. The van der Waals surface area contributed by atoms with Crippen molar-refractivity contribution in [2.45, 2.75) is 65.3 Å². The molecule has 0 radical (unpaired) electrons. The van der Waals surface area contributed by atoms with Gasteiger partial charge in [0.25, 0.3) is 11.8 Å². The van der Waals surface area contributed by atoms with Crippen molar-refractivity contribution in [1.82, 2.24) is 40.0 Å². The minimum Gasteiger partial charge on any atom is -0.347 e. The molecule has 290 valence electrons. The summed E-state index contributed by atoms with van der Waals surface area (Å²) < 4.78 is 2.25. The molecule has 6 heterocycles. The summed E-state index contributed by atoms with van der Waals surface area (Å²) in [6.45, 7) is 6.15. The fraction of sp³-hybridized carbons (Fsp3) is 0.244. The predicted molar refractivity (Wildman–Crippen MR) is 216 cm³/mol. The van der Waals surface area contributed by atoms with Crippen molar-refractivity contribution in [2.24, 2.45) is 0 Å². The second-order valence-electron chi connectivity index (χ2n) is 14.9. The summed E-state index contributed by atoms with van der Waals surface area (Å²) in [5, 5.41) is 7.28. The zero-order valence-electron chi connectivity index (χ0n) is 32.1. The zero-order chi connectivity index (χ0) is 40.1. The zero-order valence-corrected chi connectivity index (χ0v) is 32.1. The van der Waals surface area contributed by atoms with Crippen molar-refractivity contribution in [3.05, 3.63) is 125 Å². The second kappa shape index (κ2) is 14.8. The molecule has 6 aromatic rings. The standard InChI is InChI=1S/C45H40N8O5/c1-3-40-49-42(39-25-51(26(2)54)17-18-52(39)40)32-11-5-9-29-20-37(47-23-34(29)32)30-13-14-36(46-22-30)43(56)48-21-27-7-4-8-28(19-27)31-10-6-12-33-35(31)24-53(45(33)58)38-15-16-41(55)50-44(38)57/h4-14,19-20,22-23,38H,3,15-18,21,24-25H2,1-2H3,(H,48,56)(H,50,55,57). The number of imidazole rings is 1. The number of aryl methyl sites for hydroxylation is 1. The lowest BCUT2D eigenvalue weighted by Crippen LogP contribution is -2.52. The number of carbonyl (C=O) groups is 5. The molecule has 1 saturated heterocycles. The summed E-state index contributed by atoms with van der Waals surface area (Å²) in [6, 6.07) is 24.3. The van der Waals surface area contributed by atoms with Gasteiger partial charge in [-0.3, -0.25) is 39.3 Å². The van der Waals surface area contributed by atoms with E-state index in [4.69, 9.17) is 9.97 Å². The molecule has 0 aliphatic carbocycles. The Morgan fingerprint density at radius 3 is 2.47 bits per heavy atom. The third-order valence-electron chi connectivity index (χ3n) is 11.4. The van der Waals surface area contributed by atoms with Crippen LogP contribution in [0.1, 0.15) is 70.2 Å². The Kier molecular flexibility index (Phi) is 9.35. The van der Waals surface area contributed by atoms with E-state index in [0.717, 1.165) is 80.0 Å². The number of nitrogens with one attached hydrogen (secondary N) is 2. The number of hydrogen-bond donors (Lipinski definition) is 2. The summed E-state index contributed by atoms with van der Waals surface area (Å²) in [7, 11) is 0. The number of carbonyl (C=O) groups excluding carboxylic acids is 5. The van der Waals surface area contributed by atoms with Crippen LogP contribution >= 0.6 is 0 Å². The first-order valence-electron chi connectivity index (χ1n) is 19.5. The Bertz CT molecular complexity index is 2690. The monoisotopic (exact) mass is 772 g/mol. The van der Waals surface area contributed by atoms with Crippen LogP contribution in [0, 0.1) is 0 Å². The topological polar surface area (TPSA) is 159 Å². The number of amides is 5. The number of imide groups is 1. The molecule has 1 unspecified atom stereocenters. The highest BCUT2D eigenvalue weighted by Crippen LogP contribution is 2.36. The quantitative estimate of drug-likeness (QED) is 0.194. The van der Waals surface area contributed by atoms with Crippen LogP contribution < -0.4 is 10.6 Å². The highest BCUT2D eigenvalue weighted by molar-refractivity contribution is 6.06. The van der Waals surface area contributed by atoms with Gasteiger partial charge < -0.3 is 19.7 Å². The van der Waals surface area contributed by atoms with Crippen molar-refractivity contribution >= 4 is 40.3 Å². The molecule has 1 fully saturated rings. The molecule has 3 aliphatic heterocycles. The van der Waals surface area contributed by atoms with Gasteiger partial charge in [0, 0.05) is 80.4 Å². The number of nitrogens with zero attached hydrogens (tertiary/aromatic N) is 6. The number of hydrogen-bond acceptors (Lipinski definition) is 8. The lowest BCUT2D eigenvalue weighted by Gasteiger charge is -2.29. The molecule has 13 heteroatoms. The van der Waals surface area contributed by atoms with Crippen LogP contribution in [0.15, 0.2) is 91.3 Å². The molecule has 0 bridgehead atoms. The minimum atomic E-state index is -0.692. The normalized spacial score (nSPS) is 16.3. The van der Waals surface area contributed by atoms with Gasteiger partial charge in [-0.1, -0.05) is 55.5 Å². The van der Waals surface area contributed by atoms with Crippen molar-refractivity contribution in [1.29, 1.82) is 0 Å². The van der Waals surface area contributed by atoms with Gasteiger partial charge in [0.2, 0.25) is 17.7 Å². The molecule has 3 aromatic heterocycles. The van der Waals surface area contributed by atoms with Gasteiger partial charge in [0.15, 0.2) is 0 Å². The molecule has 2 N–H and O–H groups in total. The number of rotatable bonds is 8. The molecular weight excluding hydrogens is 733 g/mol. The van der Waals surface area contributed by atoms with Gasteiger partial charge in [-0.2, -0.15) is 0 Å². The molecule has 9 rings (SSSR count). The highest BCUT2D eigenvalue weighted by atomic mass is 16.2. The van der Waals surface area contributed by atoms with E-state index in [2.05, 4.69) is 33.2 Å². The maximum Gasteiger partial charge on any atom is 0.270 e. The maximum atomic E-state index is 13.4. The number of benzene rings is 3. The average Bonchev–Trinajstić information content (AvgIpc) is 3.79. The lowest BCUT2D eigenvalue weighted by atomic mass is 9.96. The molecule has 0 saturated carbocycles. The first-order valence-corrected chi connectivity index (χ1v) is 19.5. The summed E-state index contributed by atoms with van der Waals surface area (Å²) in [6.07, 6.45) is 4.79. The van der Waals surface area contributed by atoms with Crippen molar-refractivity contribution in [3.8, 4) is 33.6 Å². The fourth-order valence-electron chi connectivity index (χ4n) is 8.39. The van der Waals surface area contributed by atoms with Gasteiger partial charge in [-0.15, -0.1) is 0 Å². The molecule has 58 heavy (non-hydrogen) atoms.